The zero-order valence-electron chi connectivity index (χ0n) is 12.4. The number of pyridine rings is 1. The van der Waals surface area contributed by atoms with E-state index in [9.17, 15) is 9.18 Å². The Balaban J connectivity index is 2.18. The van der Waals surface area contributed by atoms with Crippen LogP contribution in [-0.4, -0.2) is 24.0 Å². The van der Waals surface area contributed by atoms with E-state index in [4.69, 9.17) is 11.6 Å². The lowest BCUT2D eigenvalue weighted by Gasteiger charge is -2.20. The van der Waals surface area contributed by atoms with Crippen molar-refractivity contribution >= 4 is 28.9 Å². The van der Waals surface area contributed by atoms with Gasteiger partial charge in [-0.15, -0.1) is 0 Å². The van der Waals surface area contributed by atoms with Gasteiger partial charge in [-0.2, -0.15) is 0 Å². The van der Waals surface area contributed by atoms with Crippen molar-refractivity contribution in [2.45, 2.75) is 13.8 Å². The number of amides is 1. The fraction of sp³-hybridized carbons (Fsp3) is 0.250. The number of halogens is 2. The number of benzene rings is 1. The smallest absolute Gasteiger partial charge is 0.257 e. The molecule has 0 aliphatic heterocycles. The van der Waals surface area contributed by atoms with Crippen LogP contribution < -0.4 is 10.2 Å². The van der Waals surface area contributed by atoms with Crippen molar-refractivity contribution in [3.05, 3.63) is 53.1 Å². The van der Waals surface area contributed by atoms with Gasteiger partial charge in [0.25, 0.3) is 5.91 Å². The number of rotatable bonds is 5. The third kappa shape index (κ3) is 3.74. The van der Waals surface area contributed by atoms with Crippen molar-refractivity contribution in [2.24, 2.45) is 0 Å². The molecular formula is C16H17ClFN3O. The van der Waals surface area contributed by atoms with Gasteiger partial charge in [0.05, 0.1) is 22.5 Å². The number of hydrogen-bond donors (Lipinski definition) is 1. The minimum Gasteiger partial charge on any atom is -0.371 e. The maximum atomic E-state index is 13.1. The molecule has 6 heteroatoms. The highest BCUT2D eigenvalue weighted by Gasteiger charge is 2.11. The molecule has 0 atom stereocenters. The minimum atomic E-state index is -0.523. The molecule has 22 heavy (non-hydrogen) atoms. The molecule has 0 saturated heterocycles. The first-order chi connectivity index (χ1) is 10.5. The van der Waals surface area contributed by atoms with Crippen molar-refractivity contribution in [3.8, 4) is 0 Å². The summed E-state index contributed by atoms with van der Waals surface area (Å²) in [6, 6.07) is 5.82. The summed E-state index contributed by atoms with van der Waals surface area (Å²) in [5, 5.41) is 2.65. The van der Waals surface area contributed by atoms with Crippen molar-refractivity contribution in [1.82, 2.24) is 4.98 Å². The van der Waals surface area contributed by atoms with Gasteiger partial charge in [-0.1, -0.05) is 11.6 Å². The molecule has 0 aliphatic carbocycles. The van der Waals surface area contributed by atoms with Gasteiger partial charge in [-0.05, 0) is 38.1 Å². The van der Waals surface area contributed by atoms with Gasteiger partial charge in [0, 0.05) is 25.0 Å². The predicted octanol–water partition coefficient (Wildman–Crippen LogP) is 3.97. The van der Waals surface area contributed by atoms with E-state index in [0.29, 0.717) is 11.3 Å². The Morgan fingerprint density at radius 2 is 2.00 bits per heavy atom. The van der Waals surface area contributed by atoms with Crippen LogP contribution in [0.4, 0.5) is 15.8 Å². The molecule has 0 bridgehead atoms. The van der Waals surface area contributed by atoms with Gasteiger partial charge < -0.3 is 10.2 Å². The van der Waals surface area contributed by atoms with Crippen LogP contribution in [0.2, 0.25) is 5.02 Å². The number of carbonyl (C=O) groups is 1. The molecule has 0 aliphatic rings. The zero-order chi connectivity index (χ0) is 16.1. The van der Waals surface area contributed by atoms with Crippen molar-refractivity contribution < 1.29 is 9.18 Å². The van der Waals surface area contributed by atoms with E-state index in [1.807, 2.05) is 13.8 Å². The van der Waals surface area contributed by atoms with E-state index in [-0.39, 0.29) is 10.9 Å². The van der Waals surface area contributed by atoms with Gasteiger partial charge >= 0.3 is 0 Å². The summed E-state index contributed by atoms with van der Waals surface area (Å²) in [5.74, 6) is -0.839. The monoisotopic (exact) mass is 321 g/mol. The molecule has 2 rings (SSSR count). The van der Waals surface area contributed by atoms with Crippen LogP contribution in [0.15, 0.2) is 36.7 Å². The zero-order valence-corrected chi connectivity index (χ0v) is 13.2. The van der Waals surface area contributed by atoms with E-state index >= 15 is 0 Å². The lowest BCUT2D eigenvalue weighted by molar-refractivity contribution is 0.102. The van der Waals surface area contributed by atoms with Gasteiger partial charge in [0.15, 0.2) is 0 Å². The first kappa shape index (κ1) is 16.2. The Bertz CT molecular complexity index is 674. The molecule has 1 N–H and O–H groups in total. The summed E-state index contributed by atoms with van der Waals surface area (Å²) in [7, 11) is 0. The normalized spacial score (nSPS) is 10.4. The van der Waals surface area contributed by atoms with E-state index in [1.54, 1.807) is 12.3 Å². The Kier molecular flexibility index (Phi) is 5.33. The SMILES string of the molecule is CCN(CC)c1cncc(C(=O)Nc2ccc(F)c(Cl)c2)c1. The third-order valence-corrected chi connectivity index (χ3v) is 3.58. The van der Waals surface area contributed by atoms with Crippen LogP contribution >= 0.6 is 11.6 Å². The summed E-state index contributed by atoms with van der Waals surface area (Å²) in [6.45, 7) is 5.74. The molecule has 1 aromatic heterocycles. The molecule has 1 amide bonds. The van der Waals surface area contributed by atoms with Crippen LogP contribution in [0, 0.1) is 5.82 Å². The molecule has 116 valence electrons. The summed E-state index contributed by atoms with van der Waals surface area (Å²) in [4.78, 5) is 18.5. The Hall–Kier alpha value is -2.14. The summed E-state index contributed by atoms with van der Waals surface area (Å²) < 4.78 is 13.1. The molecule has 4 nitrogen and oxygen atoms in total. The van der Waals surface area contributed by atoms with Crippen molar-refractivity contribution in [3.63, 3.8) is 0 Å². The Morgan fingerprint density at radius 1 is 1.27 bits per heavy atom. The molecular weight excluding hydrogens is 305 g/mol. The fourth-order valence-electron chi connectivity index (χ4n) is 2.09. The van der Waals surface area contributed by atoms with Crippen LogP contribution in [0.5, 0.6) is 0 Å². The van der Waals surface area contributed by atoms with Gasteiger partial charge in [0.1, 0.15) is 5.82 Å². The van der Waals surface area contributed by atoms with E-state index in [1.165, 1.54) is 24.4 Å². The summed E-state index contributed by atoms with van der Waals surface area (Å²) in [6.07, 6.45) is 3.21. The lowest BCUT2D eigenvalue weighted by atomic mass is 10.2. The maximum Gasteiger partial charge on any atom is 0.257 e. The minimum absolute atomic E-state index is 0.0344. The van der Waals surface area contributed by atoms with E-state index in [0.717, 1.165) is 18.8 Å². The second-order valence-electron chi connectivity index (χ2n) is 4.69. The van der Waals surface area contributed by atoms with Gasteiger partial charge in [-0.3, -0.25) is 9.78 Å². The second-order valence-corrected chi connectivity index (χ2v) is 5.09. The largest absolute Gasteiger partial charge is 0.371 e. The summed E-state index contributed by atoms with van der Waals surface area (Å²) in [5.41, 5.74) is 1.75. The van der Waals surface area contributed by atoms with E-state index in [2.05, 4.69) is 15.2 Å². The average Bonchev–Trinajstić information content (AvgIpc) is 2.52. The van der Waals surface area contributed by atoms with Crippen LogP contribution in [-0.2, 0) is 0 Å². The molecule has 0 saturated carbocycles. The average molecular weight is 322 g/mol. The fourth-order valence-corrected chi connectivity index (χ4v) is 2.27. The molecule has 1 aromatic carbocycles. The molecule has 1 heterocycles. The third-order valence-electron chi connectivity index (χ3n) is 3.29. The van der Waals surface area contributed by atoms with Crippen LogP contribution in [0.1, 0.15) is 24.2 Å². The molecule has 0 unspecified atom stereocenters. The Labute approximate surface area is 133 Å². The predicted molar refractivity (Wildman–Crippen MR) is 87.2 cm³/mol. The first-order valence-electron chi connectivity index (χ1n) is 7.01. The summed E-state index contributed by atoms with van der Waals surface area (Å²) >= 11 is 5.70. The molecule has 0 spiro atoms. The lowest BCUT2D eigenvalue weighted by Crippen LogP contribution is -2.22. The van der Waals surface area contributed by atoms with Gasteiger partial charge in [0.2, 0.25) is 0 Å². The van der Waals surface area contributed by atoms with Crippen LogP contribution in [0.25, 0.3) is 0 Å². The number of nitrogens with one attached hydrogen (secondary N) is 1. The van der Waals surface area contributed by atoms with Crippen molar-refractivity contribution in [1.29, 1.82) is 0 Å². The van der Waals surface area contributed by atoms with E-state index < -0.39 is 5.82 Å². The number of anilines is 2. The second kappa shape index (κ2) is 7.22. The van der Waals surface area contributed by atoms with Gasteiger partial charge in [-0.25, -0.2) is 4.39 Å². The highest BCUT2D eigenvalue weighted by Crippen LogP contribution is 2.20. The number of aromatic nitrogens is 1. The number of hydrogen-bond acceptors (Lipinski definition) is 3. The molecule has 2 aromatic rings. The standard InChI is InChI=1S/C16H17ClFN3O/c1-3-21(4-2)13-7-11(9-19-10-13)16(22)20-12-5-6-15(18)14(17)8-12/h5-10H,3-4H2,1-2H3,(H,20,22). The Morgan fingerprint density at radius 3 is 2.64 bits per heavy atom. The highest BCUT2D eigenvalue weighted by molar-refractivity contribution is 6.31. The first-order valence-corrected chi connectivity index (χ1v) is 7.39. The highest BCUT2D eigenvalue weighted by atomic mass is 35.5. The van der Waals surface area contributed by atoms with Crippen molar-refractivity contribution in [2.75, 3.05) is 23.3 Å². The topological polar surface area (TPSA) is 45.2 Å². The maximum absolute atomic E-state index is 13.1. The number of nitrogens with zero attached hydrogens (tertiary/aromatic N) is 2. The molecule has 0 fully saturated rings. The van der Waals surface area contributed by atoms with Crippen LogP contribution in [0.3, 0.4) is 0 Å². The number of carbonyl (C=O) groups excluding carboxylic acids is 1. The quantitative estimate of drug-likeness (QED) is 0.906. The molecule has 0 radical (unpaired) electrons.